The molecule has 1 aliphatic carbocycles. The summed E-state index contributed by atoms with van der Waals surface area (Å²) in [6.45, 7) is 6.23. The van der Waals surface area contributed by atoms with Crippen molar-refractivity contribution in [3.8, 4) is 67.2 Å². The second-order valence-electron chi connectivity index (χ2n) is 15.4. The number of pyridine rings is 1. The lowest BCUT2D eigenvalue weighted by molar-refractivity contribution is 0.768. The fourth-order valence-electron chi connectivity index (χ4n) is 8.95. The second-order valence-corrected chi connectivity index (χ2v) is 15.4. The SMILES string of the molecule is Cc1cc(-c2ccc(-c3ccc4c(c3)-c3ccccc3C4(c3ccccc3)c3cccc(-c4nc(C)cc(-c5cccc(-c6ccccc6)c5)n4)c3)cc2)c(C)cn1. The maximum absolute atomic E-state index is 5.23. The second kappa shape index (κ2) is 14.4. The van der Waals surface area contributed by atoms with Crippen LogP contribution in [0, 0.1) is 20.8 Å². The molecule has 0 saturated heterocycles. The van der Waals surface area contributed by atoms with E-state index >= 15 is 0 Å². The van der Waals surface area contributed by atoms with Crippen LogP contribution in [-0.2, 0) is 5.41 Å². The lowest BCUT2D eigenvalue weighted by Gasteiger charge is -2.34. The van der Waals surface area contributed by atoms with Gasteiger partial charge in [0, 0.05) is 28.7 Å². The Labute approximate surface area is 340 Å². The number of aromatic nitrogens is 3. The minimum Gasteiger partial charge on any atom is -0.261 e. The first kappa shape index (κ1) is 35.2. The van der Waals surface area contributed by atoms with Gasteiger partial charge in [0.05, 0.1) is 11.1 Å². The van der Waals surface area contributed by atoms with Gasteiger partial charge in [-0.15, -0.1) is 0 Å². The number of rotatable bonds is 7. The number of benzene rings is 7. The highest BCUT2D eigenvalue weighted by atomic mass is 14.9. The molecule has 0 bridgehead atoms. The van der Waals surface area contributed by atoms with Gasteiger partial charge in [-0.1, -0.05) is 158 Å². The Morgan fingerprint density at radius 2 is 0.966 bits per heavy atom. The molecule has 0 amide bonds. The van der Waals surface area contributed by atoms with E-state index in [1.54, 1.807) is 0 Å². The van der Waals surface area contributed by atoms with E-state index in [0.29, 0.717) is 5.82 Å². The van der Waals surface area contributed by atoms with Crippen LogP contribution in [0.25, 0.3) is 67.2 Å². The molecule has 0 N–H and O–H groups in total. The Morgan fingerprint density at radius 1 is 0.362 bits per heavy atom. The van der Waals surface area contributed by atoms with E-state index in [1.165, 1.54) is 66.8 Å². The monoisotopic (exact) mass is 743 g/mol. The van der Waals surface area contributed by atoms with E-state index in [1.807, 2.05) is 13.1 Å². The highest BCUT2D eigenvalue weighted by Crippen LogP contribution is 2.57. The highest BCUT2D eigenvalue weighted by molar-refractivity contribution is 5.89. The molecule has 276 valence electrons. The van der Waals surface area contributed by atoms with Gasteiger partial charge in [-0.05, 0) is 123 Å². The molecule has 0 saturated carbocycles. The van der Waals surface area contributed by atoms with E-state index in [-0.39, 0.29) is 0 Å². The number of fused-ring (bicyclic) bond motifs is 3. The molecule has 3 nitrogen and oxygen atoms in total. The Morgan fingerprint density at radius 3 is 1.79 bits per heavy atom. The van der Waals surface area contributed by atoms with Crippen LogP contribution in [0.15, 0.2) is 194 Å². The molecule has 2 aromatic heterocycles. The largest absolute Gasteiger partial charge is 0.261 e. The molecule has 9 aromatic rings. The van der Waals surface area contributed by atoms with Crippen molar-refractivity contribution >= 4 is 0 Å². The van der Waals surface area contributed by atoms with Crippen molar-refractivity contribution in [3.05, 3.63) is 233 Å². The third-order valence-corrected chi connectivity index (χ3v) is 11.7. The van der Waals surface area contributed by atoms with Crippen LogP contribution >= 0.6 is 0 Å². The van der Waals surface area contributed by atoms with E-state index in [2.05, 4.69) is 207 Å². The summed E-state index contributed by atoms with van der Waals surface area (Å²) >= 11 is 0. The summed E-state index contributed by atoms with van der Waals surface area (Å²) in [6.07, 6.45) is 1.96. The van der Waals surface area contributed by atoms with E-state index in [4.69, 9.17) is 9.97 Å². The third kappa shape index (κ3) is 6.04. The van der Waals surface area contributed by atoms with E-state index < -0.39 is 5.41 Å². The van der Waals surface area contributed by atoms with Gasteiger partial charge in [0.1, 0.15) is 0 Å². The first-order chi connectivity index (χ1) is 28.5. The quantitative estimate of drug-likeness (QED) is 0.163. The van der Waals surface area contributed by atoms with Crippen molar-refractivity contribution in [1.82, 2.24) is 15.0 Å². The van der Waals surface area contributed by atoms with Crippen LogP contribution in [0.5, 0.6) is 0 Å². The summed E-state index contributed by atoms with van der Waals surface area (Å²) in [5.41, 5.74) is 20.1. The molecule has 0 aliphatic heterocycles. The molecule has 3 heteroatoms. The standard InChI is InChI=1S/C55H41N3/c1-36-35-56-37(2)30-49(36)41-26-24-40(25-27-41)43-28-29-52-50(34-43)48-22-10-11-23-51(48)55(52,46-19-8-5-9-20-46)47-21-13-18-45(33-47)54-57-38(3)31-53(58-54)44-17-12-16-42(32-44)39-14-6-4-7-15-39/h4-35H,1-3H3. The zero-order chi connectivity index (χ0) is 39.2. The van der Waals surface area contributed by atoms with Crippen LogP contribution < -0.4 is 0 Å². The van der Waals surface area contributed by atoms with Gasteiger partial charge in [-0.2, -0.15) is 0 Å². The molecule has 7 aromatic carbocycles. The predicted octanol–water partition coefficient (Wildman–Crippen LogP) is 13.5. The van der Waals surface area contributed by atoms with Gasteiger partial charge in [-0.25, -0.2) is 9.97 Å². The molecule has 1 aliphatic rings. The van der Waals surface area contributed by atoms with Crippen molar-refractivity contribution < 1.29 is 0 Å². The molecule has 1 atom stereocenters. The Bertz CT molecular complexity index is 2970. The zero-order valence-electron chi connectivity index (χ0n) is 32.8. The summed E-state index contributed by atoms with van der Waals surface area (Å²) < 4.78 is 0. The van der Waals surface area contributed by atoms with Crippen molar-refractivity contribution in [2.24, 2.45) is 0 Å². The molecule has 2 heterocycles. The number of nitrogens with zero attached hydrogens (tertiary/aromatic N) is 3. The third-order valence-electron chi connectivity index (χ3n) is 11.7. The minimum atomic E-state index is -0.557. The average molecular weight is 744 g/mol. The smallest absolute Gasteiger partial charge is 0.160 e. The first-order valence-electron chi connectivity index (χ1n) is 19.9. The van der Waals surface area contributed by atoms with Gasteiger partial charge in [-0.3, -0.25) is 4.98 Å². The molecular weight excluding hydrogens is 703 g/mol. The maximum atomic E-state index is 5.23. The van der Waals surface area contributed by atoms with Crippen molar-refractivity contribution in [2.75, 3.05) is 0 Å². The van der Waals surface area contributed by atoms with E-state index in [9.17, 15) is 0 Å². The van der Waals surface area contributed by atoms with Gasteiger partial charge >= 0.3 is 0 Å². The Kier molecular flexibility index (Phi) is 8.72. The molecule has 0 spiro atoms. The number of hydrogen-bond donors (Lipinski definition) is 0. The molecule has 0 fully saturated rings. The fraction of sp³-hybridized carbons (Fsp3) is 0.0727. The van der Waals surface area contributed by atoms with Gasteiger partial charge < -0.3 is 0 Å². The zero-order valence-corrected chi connectivity index (χ0v) is 32.8. The van der Waals surface area contributed by atoms with E-state index in [0.717, 1.165) is 33.8 Å². The molecule has 10 rings (SSSR count). The minimum absolute atomic E-state index is 0.557. The van der Waals surface area contributed by atoms with Crippen molar-refractivity contribution in [2.45, 2.75) is 26.2 Å². The average Bonchev–Trinajstić information content (AvgIpc) is 3.58. The van der Waals surface area contributed by atoms with Crippen LogP contribution in [0.4, 0.5) is 0 Å². The molecule has 1 unspecified atom stereocenters. The summed E-state index contributed by atoms with van der Waals surface area (Å²) in [5.74, 6) is 0.715. The molecule has 58 heavy (non-hydrogen) atoms. The Hall–Kier alpha value is -7.23. The van der Waals surface area contributed by atoms with Crippen molar-refractivity contribution in [1.29, 1.82) is 0 Å². The molecule has 0 radical (unpaired) electrons. The highest BCUT2D eigenvalue weighted by Gasteiger charge is 2.46. The lowest BCUT2D eigenvalue weighted by Crippen LogP contribution is -2.28. The first-order valence-corrected chi connectivity index (χ1v) is 19.9. The molecular formula is C55H41N3. The van der Waals surface area contributed by atoms with Crippen LogP contribution in [0.3, 0.4) is 0 Å². The topological polar surface area (TPSA) is 38.7 Å². The fourth-order valence-corrected chi connectivity index (χ4v) is 8.95. The summed E-state index contributed by atoms with van der Waals surface area (Å²) in [6, 6.07) is 68.2. The maximum Gasteiger partial charge on any atom is 0.160 e. The Balaban J connectivity index is 1.10. The van der Waals surface area contributed by atoms with Gasteiger partial charge in [0.2, 0.25) is 0 Å². The van der Waals surface area contributed by atoms with Gasteiger partial charge in [0.15, 0.2) is 5.82 Å². The van der Waals surface area contributed by atoms with Crippen LogP contribution in [-0.4, -0.2) is 15.0 Å². The van der Waals surface area contributed by atoms with Crippen LogP contribution in [0.1, 0.15) is 39.2 Å². The summed E-state index contributed by atoms with van der Waals surface area (Å²) in [7, 11) is 0. The van der Waals surface area contributed by atoms with Crippen molar-refractivity contribution in [3.63, 3.8) is 0 Å². The summed E-state index contributed by atoms with van der Waals surface area (Å²) in [4.78, 5) is 14.7. The normalized spacial score (nSPS) is 14.2. The summed E-state index contributed by atoms with van der Waals surface area (Å²) in [5, 5.41) is 0. The number of hydrogen-bond acceptors (Lipinski definition) is 3. The van der Waals surface area contributed by atoms with Crippen LogP contribution in [0.2, 0.25) is 0 Å². The van der Waals surface area contributed by atoms with Gasteiger partial charge in [0.25, 0.3) is 0 Å². The number of aryl methyl sites for hydroxylation is 3. The predicted molar refractivity (Wildman–Crippen MR) is 239 cm³/mol. The lowest BCUT2D eigenvalue weighted by atomic mass is 9.67.